The number of thiophene rings is 1. The molecule has 1 aromatic heterocycles. The van der Waals surface area contributed by atoms with Crippen LogP contribution in [0.5, 0.6) is 0 Å². The molecule has 1 aliphatic rings. The first-order valence-corrected chi connectivity index (χ1v) is 9.93. The van der Waals surface area contributed by atoms with Gasteiger partial charge in [-0.05, 0) is 24.3 Å². The van der Waals surface area contributed by atoms with Gasteiger partial charge in [-0.15, -0.1) is 11.3 Å². The molecule has 10 heteroatoms. The molecule has 0 atom stereocenters. The molecule has 0 unspecified atom stereocenters. The Morgan fingerprint density at radius 1 is 1.46 bits per heavy atom. The summed E-state index contributed by atoms with van der Waals surface area (Å²) in [5, 5.41) is 13.5. The third-order valence-corrected chi connectivity index (χ3v) is 5.77. The molecule has 0 aliphatic carbocycles. The Morgan fingerprint density at radius 2 is 2.12 bits per heavy atom. The quantitative estimate of drug-likeness (QED) is 0.764. The third-order valence-electron chi connectivity index (χ3n) is 3.64. The molecule has 1 fully saturated rings. The van der Waals surface area contributed by atoms with E-state index < -0.39 is 34.4 Å². The van der Waals surface area contributed by atoms with Gasteiger partial charge in [0.05, 0.1) is 17.7 Å². The van der Waals surface area contributed by atoms with Crippen LogP contribution in [0.2, 0.25) is 0 Å². The van der Waals surface area contributed by atoms with Crippen LogP contribution in [-0.2, 0) is 24.3 Å². The highest BCUT2D eigenvalue weighted by Gasteiger charge is 2.30. The van der Waals surface area contributed by atoms with Crippen LogP contribution in [0, 0.1) is 17.2 Å². The Bertz CT molecular complexity index is 758. The van der Waals surface area contributed by atoms with Crippen LogP contribution in [-0.4, -0.2) is 50.6 Å². The van der Waals surface area contributed by atoms with Crippen LogP contribution in [0.1, 0.15) is 18.4 Å². The molecule has 24 heavy (non-hydrogen) atoms. The van der Waals surface area contributed by atoms with E-state index >= 15 is 0 Å². The zero-order valence-electron chi connectivity index (χ0n) is 13.0. The van der Waals surface area contributed by atoms with E-state index in [0.717, 1.165) is 6.26 Å². The van der Waals surface area contributed by atoms with E-state index in [0.29, 0.717) is 23.4 Å². The fourth-order valence-corrected chi connectivity index (χ4v) is 3.96. The number of hydrogen-bond acceptors (Lipinski definition) is 7. The van der Waals surface area contributed by atoms with Gasteiger partial charge in [-0.3, -0.25) is 9.59 Å². The van der Waals surface area contributed by atoms with Crippen molar-refractivity contribution in [3.05, 3.63) is 17.0 Å². The van der Waals surface area contributed by atoms with Crippen molar-refractivity contribution in [3.63, 3.8) is 0 Å². The minimum Gasteiger partial charge on any atom is -0.455 e. The fraction of sp³-hybridized carbons (Fsp3) is 0.500. The van der Waals surface area contributed by atoms with Crippen molar-refractivity contribution in [1.82, 2.24) is 4.31 Å². The number of nitrogens with one attached hydrogen (secondary N) is 1. The standard InChI is InChI=1S/C14H17N3O5S2/c1-24(20,21)17-5-2-10(3-6-17)14(19)22-9-12(18)16-13-11(8-15)4-7-23-13/h4,7,10H,2-3,5-6,9H2,1H3,(H,16,18). The van der Waals surface area contributed by atoms with E-state index in [-0.39, 0.29) is 13.1 Å². The average molecular weight is 371 g/mol. The summed E-state index contributed by atoms with van der Waals surface area (Å²) in [4.78, 5) is 23.7. The van der Waals surface area contributed by atoms with Crippen molar-refractivity contribution in [1.29, 1.82) is 5.26 Å². The number of carbonyl (C=O) groups is 2. The van der Waals surface area contributed by atoms with Crippen LogP contribution in [0.3, 0.4) is 0 Å². The van der Waals surface area contributed by atoms with Crippen molar-refractivity contribution >= 4 is 38.2 Å². The predicted octanol–water partition coefficient (Wildman–Crippen LogP) is 0.773. The summed E-state index contributed by atoms with van der Waals surface area (Å²) in [6.07, 6.45) is 1.88. The third kappa shape index (κ3) is 4.77. The van der Waals surface area contributed by atoms with Gasteiger partial charge in [0.15, 0.2) is 6.61 Å². The minimum atomic E-state index is -3.24. The van der Waals surface area contributed by atoms with Crippen LogP contribution < -0.4 is 5.32 Å². The molecule has 2 rings (SSSR count). The molecule has 1 N–H and O–H groups in total. The van der Waals surface area contributed by atoms with E-state index in [1.54, 1.807) is 11.4 Å². The van der Waals surface area contributed by atoms with E-state index in [1.807, 2.05) is 6.07 Å². The van der Waals surface area contributed by atoms with Gasteiger partial charge in [-0.2, -0.15) is 5.26 Å². The molecule has 2 heterocycles. The average Bonchev–Trinajstić information content (AvgIpc) is 2.99. The lowest BCUT2D eigenvalue weighted by Gasteiger charge is -2.28. The van der Waals surface area contributed by atoms with Crippen molar-refractivity contribution in [2.75, 3.05) is 31.3 Å². The normalized spacial score (nSPS) is 16.3. The Hall–Kier alpha value is -1.96. The van der Waals surface area contributed by atoms with Crippen LogP contribution >= 0.6 is 11.3 Å². The van der Waals surface area contributed by atoms with Crippen molar-refractivity contribution < 1.29 is 22.7 Å². The number of amides is 1. The largest absolute Gasteiger partial charge is 0.455 e. The zero-order chi connectivity index (χ0) is 17.7. The second-order valence-electron chi connectivity index (χ2n) is 5.37. The van der Waals surface area contributed by atoms with Gasteiger partial charge in [0.2, 0.25) is 10.0 Å². The maximum atomic E-state index is 12.0. The topological polar surface area (TPSA) is 117 Å². The number of nitriles is 1. The summed E-state index contributed by atoms with van der Waals surface area (Å²) < 4.78 is 29.1. The molecule has 1 aromatic rings. The van der Waals surface area contributed by atoms with Gasteiger partial charge in [0, 0.05) is 13.1 Å². The van der Waals surface area contributed by atoms with Crippen molar-refractivity contribution in [2.45, 2.75) is 12.8 Å². The summed E-state index contributed by atoms with van der Waals surface area (Å²) in [6.45, 7) is 0.102. The zero-order valence-corrected chi connectivity index (χ0v) is 14.7. The monoisotopic (exact) mass is 371 g/mol. The predicted molar refractivity (Wildman–Crippen MR) is 87.8 cm³/mol. The second-order valence-corrected chi connectivity index (χ2v) is 8.27. The summed E-state index contributed by atoms with van der Waals surface area (Å²) in [6, 6.07) is 3.53. The first-order chi connectivity index (χ1) is 11.3. The van der Waals surface area contributed by atoms with Gasteiger partial charge in [0.25, 0.3) is 5.91 Å². The lowest BCUT2D eigenvalue weighted by atomic mass is 9.98. The molecule has 8 nitrogen and oxygen atoms in total. The second kappa shape index (κ2) is 7.74. The lowest BCUT2D eigenvalue weighted by molar-refractivity contribution is -0.152. The molecule has 130 valence electrons. The molecule has 0 aromatic carbocycles. The Morgan fingerprint density at radius 3 is 2.71 bits per heavy atom. The van der Waals surface area contributed by atoms with E-state index in [9.17, 15) is 18.0 Å². The maximum Gasteiger partial charge on any atom is 0.309 e. The first-order valence-electron chi connectivity index (χ1n) is 7.20. The van der Waals surface area contributed by atoms with E-state index in [4.69, 9.17) is 10.00 Å². The summed E-state index contributed by atoms with van der Waals surface area (Å²) in [5.41, 5.74) is 0.354. The minimum absolute atomic E-state index is 0.269. The SMILES string of the molecule is CS(=O)(=O)N1CCC(C(=O)OCC(=O)Nc2sccc2C#N)CC1. The highest BCUT2D eigenvalue weighted by atomic mass is 32.2. The number of anilines is 1. The smallest absolute Gasteiger partial charge is 0.309 e. The van der Waals surface area contributed by atoms with Gasteiger partial charge in [-0.1, -0.05) is 0 Å². The Balaban J connectivity index is 1.78. The number of hydrogen-bond donors (Lipinski definition) is 1. The van der Waals surface area contributed by atoms with Crippen molar-refractivity contribution in [2.24, 2.45) is 5.92 Å². The number of ether oxygens (including phenoxy) is 1. The van der Waals surface area contributed by atoms with E-state index in [1.165, 1.54) is 15.6 Å². The van der Waals surface area contributed by atoms with Gasteiger partial charge in [0.1, 0.15) is 11.1 Å². The lowest BCUT2D eigenvalue weighted by Crippen LogP contribution is -2.40. The molecule has 0 bridgehead atoms. The molecule has 1 saturated heterocycles. The fourth-order valence-electron chi connectivity index (χ4n) is 2.33. The summed E-state index contributed by atoms with van der Waals surface area (Å²) >= 11 is 1.21. The number of rotatable bonds is 5. The number of nitrogens with zero attached hydrogens (tertiary/aromatic N) is 2. The van der Waals surface area contributed by atoms with Crippen LogP contribution in [0.15, 0.2) is 11.4 Å². The molecule has 0 saturated carbocycles. The first kappa shape index (κ1) is 18.4. The number of esters is 1. The Kier molecular flexibility index (Phi) is 5.93. The van der Waals surface area contributed by atoms with Crippen LogP contribution in [0.25, 0.3) is 0 Å². The van der Waals surface area contributed by atoms with Gasteiger partial charge >= 0.3 is 5.97 Å². The summed E-state index contributed by atoms with van der Waals surface area (Å²) in [5.74, 6) is -1.44. The number of sulfonamides is 1. The maximum absolute atomic E-state index is 12.0. The number of piperidine rings is 1. The molecule has 1 amide bonds. The highest BCUT2D eigenvalue weighted by Crippen LogP contribution is 2.22. The van der Waals surface area contributed by atoms with E-state index in [2.05, 4.69) is 5.32 Å². The molecule has 1 aliphatic heterocycles. The van der Waals surface area contributed by atoms with Gasteiger partial charge < -0.3 is 10.1 Å². The summed E-state index contributed by atoms with van der Waals surface area (Å²) in [7, 11) is -3.24. The molecular weight excluding hydrogens is 354 g/mol. The molecule has 0 radical (unpaired) electrons. The van der Waals surface area contributed by atoms with Crippen molar-refractivity contribution in [3.8, 4) is 6.07 Å². The highest BCUT2D eigenvalue weighted by molar-refractivity contribution is 7.88. The van der Waals surface area contributed by atoms with Crippen LogP contribution in [0.4, 0.5) is 5.00 Å². The Labute approximate surface area is 144 Å². The van der Waals surface area contributed by atoms with Gasteiger partial charge in [-0.25, -0.2) is 12.7 Å². The molecular formula is C14H17N3O5S2. The number of carbonyl (C=O) groups excluding carboxylic acids is 2. The molecule has 0 spiro atoms.